The second-order valence-electron chi connectivity index (χ2n) is 3.64. The van der Waals surface area contributed by atoms with Crippen molar-refractivity contribution in [2.75, 3.05) is 20.2 Å². The number of carbonyl (C=O) groups is 1. The minimum absolute atomic E-state index is 0.0573. The second-order valence-corrected chi connectivity index (χ2v) is 4.49. The van der Waals surface area contributed by atoms with Gasteiger partial charge in [-0.05, 0) is 34.1 Å². The molecule has 0 radical (unpaired) electrons. The number of ether oxygens (including phenoxy) is 1. The Labute approximate surface area is 116 Å². The van der Waals surface area contributed by atoms with Gasteiger partial charge in [0.2, 0.25) is 0 Å². The molecule has 0 saturated heterocycles. The number of amides is 1. The van der Waals surface area contributed by atoms with E-state index in [1.165, 1.54) is 0 Å². The minimum atomic E-state index is -0.0573. The lowest BCUT2D eigenvalue weighted by Gasteiger charge is -2.19. The van der Waals surface area contributed by atoms with E-state index in [1.807, 2.05) is 0 Å². The van der Waals surface area contributed by atoms with Gasteiger partial charge in [0.15, 0.2) is 0 Å². The maximum atomic E-state index is 12.2. The highest BCUT2D eigenvalue weighted by molar-refractivity contribution is 9.10. The van der Waals surface area contributed by atoms with Crippen molar-refractivity contribution in [2.45, 2.75) is 0 Å². The van der Waals surface area contributed by atoms with Crippen molar-refractivity contribution in [1.29, 1.82) is 0 Å². The van der Waals surface area contributed by atoms with Gasteiger partial charge in [-0.15, -0.1) is 13.2 Å². The zero-order chi connectivity index (χ0) is 13.5. The summed E-state index contributed by atoms with van der Waals surface area (Å²) in [6.45, 7) is 8.28. The van der Waals surface area contributed by atoms with Crippen LogP contribution in [0.25, 0.3) is 0 Å². The molecular formula is C14H16BrNO2. The summed E-state index contributed by atoms with van der Waals surface area (Å²) in [7, 11) is 1.59. The van der Waals surface area contributed by atoms with Crippen LogP contribution < -0.4 is 4.74 Å². The first-order valence-corrected chi connectivity index (χ1v) is 6.28. The number of carbonyl (C=O) groups excluding carboxylic acids is 1. The Morgan fingerprint density at radius 3 is 2.44 bits per heavy atom. The average molecular weight is 310 g/mol. The van der Waals surface area contributed by atoms with Crippen LogP contribution in [0.5, 0.6) is 5.75 Å². The summed E-state index contributed by atoms with van der Waals surface area (Å²) < 4.78 is 5.89. The maximum Gasteiger partial charge on any atom is 0.254 e. The fraction of sp³-hybridized carbons (Fsp3) is 0.214. The summed E-state index contributed by atoms with van der Waals surface area (Å²) in [5.41, 5.74) is 0.603. The Balaban J connectivity index is 2.97. The third kappa shape index (κ3) is 3.47. The summed E-state index contributed by atoms with van der Waals surface area (Å²) in [5.74, 6) is 0.642. The standard InChI is InChI=1S/C14H16BrNO2/c1-4-8-16(9-5-2)14(17)11-6-7-13(18-3)12(15)10-11/h4-7,10H,1-2,8-9H2,3H3. The number of rotatable bonds is 6. The quantitative estimate of drug-likeness (QED) is 0.755. The van der Waals surface area contributed by atoms with Gasteiger partial charge in [0, 0.05) is 18.7 Å². The van der Waals surface area contributed by atoms with Crippen LogP contribution in [0, 0.1) is 0 Å². The Bertz CT molecular complexity index is 447. The van der Waals surface area contributed by atoms with Crippen LogP contribution in [0.2, 0.25) is 0 Å². The van der Waals surface area contributed by atoms with Crippen molar-refractivity contribution >= 4 is 21.8 Å². The zero-order valence-electron chi connectivity index (χ0n) is 10.4. The fourth-order valence-electron chi connectivity index (χ4n) is 1.53. The highest BCUT2D eigenvalue weighted by atomic mass is 79.9. The molecule has 0 aliphatic rings. The van der Waals surface area contributed by atoms with E-state index in [4.69, 9.17) is 4.74 Å². The van der Waals surface area contributed by atoms with Crippen LogP contribution in [0.1, 0.15) is 10.4 Å². The molecule has 4 heteroatoms. The largest absolute Gasteiger partial charge is 0.496 e. The molecular weight excluding hydrogens is 294 g/mol. The number of nitrogens with zero attached hydrogens (tertiary/aromatic N) is 1. The van der Waals surface area contributed by atoms with E-state index in [-0.39, 0.29) is 5.91 Å². The number of hydrogen-bond acceptors (Lipinski definition) is 2. The SMILES string of the molecule is C=CCN(CC=C)C(=O)c1ccc(OC)c(Br)c1. The molecule has 0 N–H and O–H groups in total. The van der Waals surface area contributed by atoms with Crippen molar-refractivity contribution in [2.24, 2.45) is 0 Å². The summed E-state index contributed by atoms with van der Waals surface area (Å²) in [6.07, 6.45) is 3.39. The average Bonchev–Trinajstić information content (AvgIpc) is 2.37. The molecule has 18 heavy (non-hydrogen) atoms. The van der Waals surface area contributed by atoms with E-state index >= 15 is 0 Å². The molecule has 0 fully saturated rings. The summed E-state index contributed by atoms with van der Waals surface area (Å²) >= 11 is 3.37. The normalized spacial score (nSPS) is 9.67. The molecule has 0 aromatic heterocycles. The van der Waals surface area contributed by atoms with Crippen molar-refractivity contribution in [1.82, 2.24) is 4.90 Å². The second kappa shape index (κ2) is 7.01. The van der Waals surface area contributed by atoms with E-state index in [0.29, 0.717) is 24.4 Å². The number of hydrogen-bond donors (Lipinski definition) is 0. The van der Waals surface area contributed by atoms with Crippen molar-refractivity contribution in [3.63, 3.8) is 0 Å². The van der Waals surface area contributed by atoms with Gasteiger partial charge < -0.3 is 9.64 Å². The van der Waals surface area contributed by atoms with Gasteiger partial charge in [-0.2, -0.15) is 0 Å². The predicted molar refractivity (Wildman–Crippen MR) is 77.0 cm³/mol. The van der Waals surface area contributed by atoms with Gasteiger partial charge in [-0.3, -0.25) is 4.79 Å². The van der Waals surface area contributed by atoms with Crippen LogP contribution in [0.4, 0.5) is 0 Å². The van der Waals surface area contributed by atoms with Gasteiger partial charge in [-0.25, -0.2) is 0 Å². The van der Waals surface area contributed by atoms with Crippen molar-refractivity contribution < 1.29 is 9.53 Å². The van der Waals surface area contributed by atoms with Crippen LogP contribution >= 0.6 is 15.9 Å². The molecule has 3 nitrogen and oxygen atoms in total. The van der Waals surface area contributed by atoms with Crippen molar-refractivity contribution in [3.05, 3.63) is 53.5 Å². The highest BCUT2D eigenvalue weighted by Crippen LogP contribution is 2.26. The van der Waals surface area contributed by atoms with Crippen LogP contribution in [0.15, 0.2) is 48.0 Å². The van der Waals surface area contributed by atoms with Gasteiger partial charge in [0.25, 0.3) is 5.91 Å². The highest BCUT2D eigenvalue weighted by Gasteiger charge is 2.14. The lowest BCUT2D eigenvalue weighted by Crippen LogP contribution is -2.31. The minimum Gasteiger partial charge on any atom is -0.496 e. The molecule has 1 aromatic carbocycles. The molecule has 0 saturated carbocycles. The molecule has 96 valence electrons. The molecule has 1 aromatic rings. The van der Waals surface area contributed by atoms with Crippen LogP contribution in [-0.2, 0) is 0 Å². The molecule has 0 unspecified atom stereocenters. The van der Waals surface area contributed by atoms with Gasteiger partial charge in [-0.1, -0.05) is 12.2 Å². The third-order valence-corrected chi connectivity index (χ3v) is 3.00. The lowest BCUT2D eigenvalue weighted by molar-refractivity contribution is 0.0790. The van der Waals surface area contributed by atoms with E-state index in [2.05, 4.69) is 29.1 Å². The summed E-state index contributed by atoms with van der Waals surface area (Å²) in [5, 5.41) is 0. The Morgan fingerprint density at radius 2 is 2.00 bits per heavy atom. The monoisotopic (exact) mass is 309 g/mol. The molecule has 0 spiro atoms. The molecule has 0 bridgehead atoms. The molecule has 0 aliphatic heterocycles. The lowest BCUT2D eigenvalue weighted by atomic mass is 10.2. The maximum absolute atomic E-state index is 12.2. The van der Waals surface area contributed by atoms with Gasteiger partial charge in [0.05, 0.1) is 11.6 Å². The first kappa shape index (κ1) is 14.5. The number of halogens is 1. The van der Waals surface area contributed by atoms with E-state index in [1.54, 1.807) is 42.4 Å². The summed E-state index contributed by atoms with van der Waals surface area (Å²) in [4.78, 5) is 13.9. The molecule has 0 heterocycles. The first-order valence-electron chi connectivity index (χ1n) is 5.48. The fourth-order valence-corrected chi connectivity index (χ4v) is 2.07. The summed E-state index contributed by atoms with van der Waals surface area (Å²) in [6, 6.07) is 5.25. The van der Waals surface area contributed by atoms with E-state index < -0.39 is 0 Å². The topological polar surface area (TPSA) is 29.5 Å². The molecule has 1 rings (SSSR count). The van der Waals surface area contributed by atoms with Gasteiger partial charge >= 0.3 is 0 Å². The van der Waals surface area contributed by atoms with Crippen LogP contribution in [-0.4, -0.2) is 31.0 Å². The van der Waals surface area contributed by atoms with E-state index in [0.717, 1.165) is 4.47 Å². The Hall–Kier alpha value is -1.55. The molecule has 0 aliphatic carbocycles. The van der Waals surface area contributed by atoms with E-state index in [9.17, 15) is 4.79 Å². The zero-order valence-corrected chi connectivity index (χ0v) is 11.9. The molecule has 1 amide bonds. The smallest absolute Gasteiger partial charge is 0.254 e. The van der Waals surface area contributed by atoms with Gasteiger partial charge in [0.1, 0.15) is 5.75 Å². The van der Waals surface area contributed by atoms with Crippen LogP contribution in [0.3, 0.4) is 0 Å². The molecule has 0 atom stereocenters. The predicted octanol–water partition coefficient (Wildman–Crippen LogP) is 3.27. The number of methoxy groups -OCH3 is 1. The third-order valence-electron chi connectivity index (χ3n) is 2.38. The Morgan fingerprint density at radius 1 is 1.39 bits per heavy atom. The first-order chi connectivity index (χ1) is 8.63. The van der Waals surface area contributed by atoms with Crippen molar-refractivity contribution in [3.8, 4) is 5.75 Å². The Kier molecular flexibility index (Phi) is 5.65. The number of benzene rings is 1.